The molecule has 11 heteroatoms. The van der Waals surface area contributed by atoms with Crippen molar-refractivity contribution >= 4 is 11.9 Å². The van der Waals surface area contributed by atoms with E-state index in [0.29, 0.717) is 6.54 Å². The highest BCUT2D eigenvalue weighted by Crippen LogP contribution is 2.54. The van der Waals surface area contributed by atoms with Gasteiger partial charge in [0.15, 0.2) is 23.0 Å². The molecule has 0 saturated carbocycles. The third-order valence-electron chi connectivity index (χ3n) is 4.57. The van der Waals surface area contributed by atoms with E-state index in [1.165, 1.54) is 20.3 Å². The van der Waals surface area contributed by atoms with Gasteiger partial charge in [0.25, 0.3) is 0 Å². The molecule has 166 valence electrons. The van der Waals surface area contributed by atoms with Crippen LogP contribution in [0.3, 0.4) is 0 Å². The van der Waals surface area contributed by atoms with Crippen molar-refractivity contribution in [2.45, 2.75) is 0 Å². The molecule has 0 amide bonds. The molecule has 0 aliphatic carbocycles. The van der Waals surface area contributed by atoms with Gasteiger partial charge >= 0.3 is 11.9 Å². The number of benzene rings is 2. The third-order valence-corrected chi connectivity index (χ3v) is 4.57. The highest BCUT2D eigenvalue weighted by atomic mass is 16.7. The van der Waals surface area contributed by atoms with E-state index in [0.717, 1.165) is 6.07 Å². The monoisotopic (exact) mass is 435 g/mol. The van der Waals surface area contributed by atoms with Gasteiger partial charge in [-0.3, -0.25) is 0 Å². The number of phenolic OH excluding ortho intramolecular Hbond substituents is 2. The number of nitrogens with one attached hydrogen (secondary N) is 1. The van der Waals surface area contributed by atoms with Crippen LogP contribution >= 0.6 is 0 Å². The average Bonchev–Trinajstić information content (AvgIpc) is 3.24. The number of rotatable bonds is 8. The molecule has 0 fully saturated rings. The second-order valence-corrected chi connectivity index (χ2v) is 6.31. The summed E-state index contributed by atoms with van der Waals surface area (Å²) in [5, 5.41) is 33.7. The first-order valence-electron chi connectivity index (χ1n) is 9.04. The molecule has 3 rings (SSSR count). The van der Waals surface area contributed by atoms with Crippen molar-refractivity contribution in [2.75, 3.05) is 41.2 Å². The maximum Gasteiger partial charge on any atom is 0.339 e. The van der Waals surface area contributed by atoms with Crippen molar-refractivity contribution in [1.29, 1.82) is 0 Å². The summed E-state index contributed by atoms with van der Waals surface area (Å²) in [6.45, 7) is 0.120. The lowest BCUT2D eigenvalue weighted by Gasteiger charge is -2.18. The Balaban J connectivity index is 2.35. The Kier molecular flexibility index (Phi) is 6.25. The minimum Gasteiger partial charge on any atom is -0.504 e. The Morgan fingerprint density at radius 3 is 2.26 bits per heavy atom. The largest absolute Gasteiger partial charge is 0.504 e. The van der Waals surface area contributed by atoms with Crippen LogP contribution in [0.25, 0.3) is 11.1 Å². The number of aromatic hydroxyl groups is 2. The molecule has 0 bridgehead atoms. The van der Waals surface area contributed by atoms with E-state index in [2.05, 4.69) is 5.32 Å². The Bertz CT molecular complexity index is 1030. The number of hydrogen-bond donors (Lipinski definition) is 4. The lowest BCUT2D eigenvalue weighted by molar-refractivity contribution is 0.0509. The Hall–Kier alpha value is -3.86. The summed E-state index contributed by atoms with van der Waals surface area (Å²) in [4.78, 5) is 24.8. The lowest BCUT2D eigenvalue weighted by atomic mass is 9.92. The summed E-state index contributed by atoms with van der Waals surface area (Å²) in [6, 6.07) is 2.31. The van der Waals surface area contributed by atoms with Crippen molar-refractivity contribution in [3.8, 4) is 45.6 Å². The van der Waals surface area contributed by atoms with E-state index in [9.17, 15) is 24.9 Å². The number of carboxylic acid groups (broad SMARTS) is 1. The van der Waals surface area contributed by atoms with Crippen molar-refractivity contribution in [3.63, 3.8) is 0 Å². The normalized spacial score (nSPS) is 11.8. The number of esters is 1. The molecule has 0 atom stereocenters. The third kappa shape index (κ3) is 3.82. The fourth-order valence-corrected chi connectivity index (χ4v) is 3.13. The Labute approximate surface area is 176 Å². The van der Waals surface area contributed by atoms with Crippen LogP contribution in [0, 0.1) is 0 Å². The molecular formula is C20H21NO10. The Morgan fingerprint density at radius 1 is 1.00 bits per heavy atom. The van der Waals surface area contributed by atoms with E-state index >= 15 is 0 Å². The number of carbonyl (C=O) groups is 2. The summed E-state index contributed by atoms with van der Waals surface area (Å²) in [6.07, 6.45) is 0. The fraction of sp³-hybridized carbons (Fsp3) is 0.300. The van der Waals surface area contributed by atoms with E-state index < -0.39 is 23.4 Å². The quantitative estimate of drug-likeness (QED) is 0.271. The lowest BCUT2D eigenvalue weighted by Crippen LogP contribution is -2.18. The molecule has 2 aromatic rings. The molecule has 0 saturated heterocycles. The van der Waals surface area contributed by atoms with Gasteiger partial charge in [0.1, 0.15) is 6.61 Å². The maximum atomic E-state index is 12.8. The number of likely N-dealkylation sites (N-methyl/N-ethyl adjacent to an activating group) is 1. The van der Waals surface area contributed by atoms with Crippen molar-refractivity contribution in [2.24, 2.45) is 0 Å². The molecule has 2 aromatic carbocycles. The molecule has 0 unspecified atom stereocenters. The highest BCUT2D eigenvalue weighted by molar-refractivity contribution is 6.08. The topological polar surface area (TPSA) is 153 Å². The molecule has 0 radical (unpaired) electrons. The van der Waals surface area contributed by atoms with Gasteiger partial charge in [-0.1, -0.05) is 0 Å². The van der Waals surface area contributed by atoms with Gasteiger partial charge in [0.2, 0.25) is 18.3 Å². The summed E-state index contributed by atoms with van der Waals surface area (Å²) >= 11 is 0. The van der Waals surface area contributed by atoms with Gasteiger partial charge in [-0.25, -0.2) is 9.59 Å². The van der Waals surface area contributed by atoms with Crippen LogP contribution in [0.1, 0.15) is 20.7 Å². The van der Waals surface area contributed by atoms with Crippen LogP contribution in [-0.4, -0.2) is 68.5 Å². The number of ether oxygens (including phenoxy) is 5. The molecule has 1 aliphatic rings. The van der Waals surface area contributed by atoms with Gasteiger partial charge in [-0.05, 0) is 19.2 Å². The van der Waals surface area contributed by atoms with Crippen LogP contribution in [0.4, 0.5) is 0 Å². The molecule has 4 N–H and O–H groups in total. The van der Waals surface area contributed by atoms with E-state index in [1.54, 1.807) is 7.05 Å². The van der Waals surface area contributed by atoms with Crippen molar-refractivity contribution < 1.29 is 48.6 Å². The summed E-state index contributed by atoms with van der Waals surface area (Å²) in [7, 11) is 4.23. The predicted octanol–water partition coefficient (Wildman–Crippen LogP) is 1.59. The highest BCUT2D eigenvalue weighted by Gasteiger charge is 2.35. The molecule has 1 heterocycles. The van der Waals surface area contributed by atoms with Gasteiger partial charge < -0.3 is 44.3 Å². The van der Waals surface area contributed by atoms with Gasteiger partial charge in [-0.15, -0.1) is 0 Å². The summed E-state index contributed by atoms with van der Waals surface area (Å²) in [5.41, 5.74) is -1.09. The average molecular weight is 435 g/mol. The SMILES string of the molecule is CNCCOC(=O)c1cc(OC)c(O)c(O)c1-c1c(C(=O)O)cc(OC)c2c1OCO2. The van der Waals surface area contributed by atoms with Crippen molar-refractivity contribution in [1.82, 2.24) is 5.32 Å². The van der Waals surface area contributed by atoms with Gasteiger partial charge in [0, 0.05) is 17.7 Å². The zero-order chi connectivity index (χ0) is 22.7. The van der Waals surface area contributed by atoms with Crippen LogP contribution in [-0.2, 0) is 4.74 Å². The predicted molar refractivity (Wildman–Crippen MR) is 106 cm³/mol. The second-order valence-electron chi connectivity index (χ2n) is 6.31. The van der Waals surface area contributed by atoms with Crippen LogP contribution < -0.4 is 24.3 Å². The molecular weight excluding hydrogens is 414 g/mol. The summed E-state index contributed by atoms with van der Waals surface area (Å²) < 4.78 is 26.2. The number of hydrogen-bond acceptors (Lipinski definition) is 10. The molecule has 0 spiro atoms. The number of carboxylic acids is 1. The zero-order valence-corrected chi connectivity index (χ0v) is 17.0. The van der Waals surface area contributed by atoms with Gasteiger partial charge in [0.05, 0.1) is 25.3 Å². The standard InChI is InChI=1S/C20H21NO10/c1-21-4-5-29-20(26)10-7-11(27-2)15(22)16(23)13(10)14-9(19(24)25)6-12(28-3)17-18(14)31-8-30-17/h6-7,21-23H,4-5,8H2,1-3H3,(H,24,25). The van der Waals surface area contributed by atoms with Crippen LogP contribution in [0.15, 0.2) is 12.1 Å². The van der Waals surface area contributed by atoms with Crippen molar-refractivity contribution in [3.05, 3.63) is 23.3 Å². The number of fused-ring (bicyclic) bond motifs is 1. The Morgan fingerprint density at radius 2 is 1.65 bits per heavy atom. The first kappa shape index (κ1) is 21.8. The second kappa shape index (κ2) is 8.88. The number of aromatic carboxylic acids is 1. The van der Waals surface area contributed by atoms with E-state index in [1.807, 2.05) is 0 Å². The van der Waals surface area contributed by atoms with E-state index in [4.69, 9.17) is 23.7 Å². The molecule has 11 nitrogen and oxygen atoms in total. The molecule has 0 aromatic heterocycles. The number of phenols is 2. The fourth-order valence-electron chi connectivity index (χ4n) is 3.13. The smallest absolute Gasteiger partial charge is 0.339 e. The first-order chi connectivity index (χ1) is 14.8. The van der Waals surface area contributed by atoms with Crippen LogP contribution in [0.5, 0.6) is 34.5 Å². The summed E-state index contributed by atoms with van der Waals surface area (Å²) in [5.74, 6) is -3.85. The minimum atomic E-state index is -1.39. The molecule has 1 aliphatic heterocycles. The van der Waals surface area contributed by atoms with Gasteiger partial charge in [-0.2, -0.15) is 0 Å². The number of carbonyl (C=O) groups excluding carboxylic acids is 1. The van der Waals surface area contributed by atoms with Crippen LogP contribution in [0.2, 0.25) is 0 Å². The minimum absolute atomic E-state index is 0.00481. The zero-order valence-electron chi connectivity index (χ0n) is 17.0. The number of methoxy groups -OCH3 is 2. The first-order valence-corrected chi connectivity index (χ1v) is 9.04. The van der Waals surface area contributed by atoms with E-state index in [-0.39, 0.29) is 58.7 Å². The maximum absolute atomic E-state index is 12.8. The molecule has 31 heavy (non-hydrogen) atoms.